The molecular formula is C19H15ClFN3O. The van der Waals surface area contributed by atoms with E-state index in [-0.39, 0.29) is 11.7 Å². The molecule has 0 aliphatic rings. The normalized spacial score (nSPS) is 10.4. The Kier molecular flexibility index (Phi) is 4.95. The number of amides is 1. The lowest BCUT2D eigenvalue weighted by atomic mass is 10.2. The van der Waals surface area contributed by atoms with Gasteiger partial charge in [0.05, 0.1) is 5.56 Å². The summed E-state index contributed by atoms with van der Waals surface area (Å²) in [6.45, 7) is 1.91. The summed E-state index contributed by atoms with van der Waals surface area (Å²) < 4.78 is 12.9. The molecule has 2 aromatic carbocycles. The van der Waals surface area contributed by atoms with Crippen molar-refractivity contribution >= 4 is 34.7 Å². The molecule has 1 aromatic heterocycles. The van der Waals surface area contributed by atoms with Gasteiger partial charge in [0.15, 0.2) is 0 Å². The van der Waals surface area contributed by atoms with E-state index >= 15 is 0 Å². The van der Waals surface area contributed by atoms with Crippen LogP contribution in [0.2, 0.25) is 5.02 Å². The van der Waals surface area contributed by atoms with E-state index in [9.17, 15) is 9.18 Å². The first kappa shape index (κ1) is 16.9. The smallest absolute Gasteiger partial charge is 0.257 e. The molecule has 0 spiro atoms. The van der Waals surface area contributed by atoms with E-state index < -0.39 is 0 Å². The van der Waals surface area contributed by atoms with Crippen molar-refractivity contribution < 1.29 is 9.18 Å². The van der Waals surface area contributed by atoms with Gasteiger partial charge >= 0.3 is 0 Å². The van der Waals surface area contributed by atoms with Crippen LogP contribution >= 0.6 is 11.6 Å². The molecule has 25 heavy (non-hydrogen) atoms. The Morgan fingerprint density at radius 1 is 1.08 bits per heavy atom. The number of carbonyl (C=O) groups excluding carboxylic acids is 1. The summed E-state index contributed by atoms with van der Waals surface area (Å²) in [7, 11) is 0. The molecule has 0 saturated heterocycles. The zero-order valence-corrected chi connectivity index (χ0v) is 14.1. The SMILES string of the molecule is Cc1c(Cl)cccc1Nc1ccc(C(=O)Nc2ccc(F)cc2)cn1. The molecular weight excluding hydrogens is 341 g/mol. The van der Waals surface area contributed by atoms with Crippen LogP contribution in [0.4, 0.5) is 21.6 Å². The molecule has 1 amide bonds. The van der Waals surface area contributed by atoms with Crippen LogP contribution < -0.4 is 10.6 Å². The Labute approximate surface area is 149 Å². The third-order valence-electron chi connectivity index (χ3n) is 3.66. The number of benzene rings is 2. The number of nitrogens with one attached hydrogen (secondary N) is 2. The maximum absolute atomic E-state index is 12.9. The molecule has 0 unspecified atom stereocenters. The standard InChI is InChI=1S/C19H15ClFN3O/c1-12-16(20)3-2-4-17(12)24-18-10-5-13(11-22-18)19(25)23-15-8-6-14(21)7-9-15/h2-11H,1H3,(H,22,24)(H,23,25). The summed E-state index contributed by atoms with van der Waals surface area (Å²) in [6.07, 6.45) is 1.47. The second-order valence-electron chi connectivity index (χ2n) is 5.43. The van der Waals surface area contributed by atoms with Crippen LogP contribution in [0, 0.1) is 12.7 Å². The predicted octanol–water partition coefficient (Wildman–Crippen LogP) is 5.18. The van der Waals surface area contributed by atoms with Crippen molar-refractivity contribution in [1.29, 1.82) is 0 Å². The molecule has 0 saturated carbocycles. The van der Waals surface area contributed by atoms with Gasteiger partial charge in [-0.1, -0.05) is 17.7 Å². The van der Waals surface area contributed by atoms with E-state index in [0.717, 1.165) is 11.3 Å². The summed E-state index contributed by atoms with van der Waals surface area (Å²) in [5.74, 6) is -0.0697. The van der Waals surface area contributed by atoms with Crippen LogP contribution in [-0.2, 0) is 0 Å². The third kappa shape index (κ3) is 4.14. The van der Waals surface area contributed by atoms with Gasteiger partial charge < -0.3 is 10.6 Å². The Bertz CT molecular complexity index is 896. The van der Waals surface area contributed by atoms with Crippen LogP contribution in [0.25, 0.3) is 0 Å². The van der Waals surface area contributed by atoms with Gasteiger partial charge in [0.1, 0.15) is 11.6 Å². The first-order chi connectivity index (χ1) is 12.0. The lowest BCUT2D eigenvalue weighted by Gasteiger charge is -2.10. The largest absolute Gasteiger partial charge is 0.340 e. The van der Waals surface area contributed by atoms with Crippen molar-refractivity contribution in [2.45, 2.75) is 6.92 Å². The second-order valence-corrected chi connectivity index (χ2v) is 5.84. The highest BCUT2D eigenvalue weighted by Gasteiger charge is 2.08. The monoisotopic (exact) mass is 355 g/mol. The molecule has 0 fully saturated rings. The van der Waals surface area contributed by atoms with Crippen molar-refractivity contribution in [2.24, 2.45) is 0 Å². The van der Waals surface area contributed by atoms with Crippen LogP contribution in [-0.4, -0.2) is 10.9 Å². The van der Waals surface area contributed by atoms with Gasteiger partial charge in [0.25, 0.3) is 5.91 Å². The quantitative estimate of drug-likeness (QED) is 0.678. The van der Waals surface area contributed by atoms with Crippen LogP contribution in [0.5, 0.6) is 0 Å². The number of aromatic nitrogens is 1. The zero-order chi connectivity index (χ0) is 17.8. The number of hydrogen-bond donors (Lipinski definition) is 2. The fourth-order valence-corrected chi connectivity index (χ4v) is 2.39. The van der Waals surface area contributed by atoms with E-state index in [1.165, 1.54) is 30.5 Å². The maximum Gasteiger partial charge on any atom is 0.257 e. The summed E-state index contributed by atoms with van der Waals surface area (Å²) in [4.78, 5) is 16.4. The molecule has 3 rings (SSSR count). The van der Waals surface area contributed by atoms with Crippen LogP contribution in [0.1, 0.15) is 15.9 Å². The highest BCUT2D eigenvalue weighted by Crippen LogP contribution is 2.25. The number of pyridine rings is 1. The van der Waals surface area contributed by atoms with Gasteiger partial charge in [-0.25, -0.2) is 9.37 Å². The Morgan fingerprint density at radius 3 is 2.52 bits per heavy atom. The molecule has 2 N–H and O–H groups in total. The van der Waals surface area contributed by atoms with Gasteiger partial charge in [-0.15, -0.1) is 0 Å². The zero-order valence-electron chi connectivity index (χ0n) is 13.4. The molecule has 0 aliphatic heterocycles. The van der Waals surface area contributed by atoms with Gasteiger partial charge in [-0.05, 0) is 61.0 Å². The first-order valence-corrected chi connectivity index (χ1v) is 7.96. The van der Waals surface area contributed by atoms with Gasteiger partial charge in [-0.2, -0.15) is 0 Å². The number of carbonyl (C=O) groups is 1. The van der Waals surface area contributed by atoms with Crippen molar-refractivity contribution in [3.8, 4) is 0 Å². The fraction of sp³-hybridized carbons (Fsp3) is 0.0526. The molecule has 1 heterocycles. The molecule has 0 bridgehead atoms. The number of halogens is 2. The number of rotatable bonds is 4. The molecule has 0 atom stereocenters. The number of hydrogen-bond acceptors (Lipinski definition) is 3. The molecule has 0 aliphatic carbocycles. The van der Waals surface area contributed by atoms with Gasteiger partial charge in [0.2, 0.25) is 0 Å². The Hall–Kier alpha value is -2.92. The predicted molar refractivity (Wildman–Crippen MR) is 98.1 cm³/mol. The van der Waals surface area contributed by atoms with E-state index in [0.29, 0.717) is 22.1 Å². The first-order valence-electron chi connectivity index (χ1n) is 7.58. The van der Waals surface area contributed by atoms with Crippen molar-refractivity contribution in [3.63, 3.8) is 0 Å². The van der Waals surface area contributed by atoms with E-state index in [2.05, 4.69) is 15.6 Å². The highest BCUT2D eigenvalue weighted by atomic mass is 35.5. The molecule has 3 aromatic rings. The average molecular weight is 356 g/mol. The van der Waals surface area contributed by atoms with Crippen molar-refractivity contribution in [1.82, 2.24) is 4.98 Å². The minimum atomic E-state index is -0.355. The number of anilines is 3. The fourth-order valence-electron chi connectivity index (χ4n) is 2.22. The lowest BCUT2D eigenvalue weighted by Crippen LogP contribution is -2.12. The van der Waals surface area contributed by atoms with Gasteiger partial charge in [0, 0.05) is 22.6 Å². The topological polar surface area (TPSA) is 54.0 Å². The minimum absolute atomic E-state index is 0.315. The van der Waals surface area contributed by atoms with Crippen LogP contribution in [0.3, 0.4) is 0 Å². The van der Waals surface area contributed by atoms with E-state index in [1.54, 1.807) is 12.1 Å². The molecule has 0 radical (unpaired) electrons. The highest BCUT2D eigenvalue weighted by molar-refractivity contribution is 6.31. The Balaban J connectivity index is 1.70. The summed E-state index contributed by atoms with van der Waals surface area (Å²) in [5, 5.41) is 6.52. The summed E-state index contributed by atoms with van der Waals surface area (Å²) in [5.41, 5.74) is 2.69. The third-order valence-corrected chi connectivity index (χ3v) is 4.07. The van der Waals surface area contributed by atoms with E-state index in [4.69, 9.17) is 11.6 Å². The second kappa shape index (κ2) is 7.32. The van der Waals surface area contributed by atoms with Crippen molar-refractivity contribution in [3.05, 3.63) is 82.8 Å². The van der Waals surface area contributed by atoms with E-state index in [1.807, 2.05) is 25.1 Å². The Morgan fingerprint density at radius 2 is 1.84 bits per heavy atom. The summed E-state index contributed by atoms with van der Waals surface area (Å²) in [6, 6.07) is 14.5. The molecule has 126 valence electrons. The molecule has 4 nitrogen and oxygen atoms in total. The number of nitrogens with zero attached hydrogens (tertiary/aromatic N) is 1. The average Bonchev–Trinajstić information content (AvgIpc) is 2.61. The maximum atomic E-state index is 12.9. The van der Waals surface area contributed by atoms with Crippen LogP contribution in [0.15, 0.2) is 60.8 Å². The summed E-state index contributed by atoms with van der Waals surface area (Å²) >= 11 is 6.10. The van der Waals surface area contributed by atoms with Crippen molar-refractivity contribution in [2.75, 3.05) is 10.6 Å². The lowest BCUT2D eigenvalue weighted by molar-refractivity contribution is 0.102. The molecule has 6 heteroatoms. The minimum Gasteiger partial charge on any atom is -0.340 e. The van der Waals surface area contributed by atoms with Gasteiger partial charge in [-0.3, -0.25) is 4.79 Å².